The predicted molar refractivity (Wildman–Crippen MR) is 73.4 cm³/mol. The molecule has 0 bridgehead atoms. The molecule has 1 rings (SSSR count). The molecule has 3 nitrogen and oxygen atoms in total. The lowest BCUT2D eigenvalue weighted by atomic mass is 10.1. The standard InChI is InChI=1S/C15H23NO2/c1-5-16(15(17)11-18-12(2)3)10-14-8-6-7-13(4)9-14/h6-9,12H,5,10-11H2,1-4H3. The Morgan fingerprint density at radius 3 is 2.67 bits per heavy atom. The van der Waals surface area contributed by atoms with Crippen LogP contribution in [0.1, 0.15) is 31.9 Å². The predicted octanol–water partition coefficient (Wildman–Crippen LogP) is 2.77. The van der Waals surface area contributed by atoms with Crippen molar-refractivity contribution in [1.29, 1.82) is 0 Å². The Morgan fingerprint density at radius 2 is 2.11 bits per heavy atom. The molecule has 0 aromatic heterocycles. The minimum absolute atomic E-state index is 0.0488. The fraction of sp³-hybridized carbons (Fsp3) is 0.533. The molecule has 0 aliphatic carbocycles. The zero-order valence-electron chi connectivity index (χ0n) is 11.8. The molecule has 1 amide bonds. The summed E-state index contributed by atoms with van der Waals surface area (Å²) < 4.78 is 5.36. The number of benzene rings is 1. The van der Waals surface area contributed by atoms with Gasteiger partial charge in [0.05, 0.1) is 6.10 Å². The van der Waals surface area contributed by atoms with E-state index in [2.05, 4.69) is 19.1 Å². The van der Waals surface area contributed by atoms with E-state index in [1.165, 1.54) is 5.56 Å². The first-order valence-electron chi connectivity index (χ1n) is 6.47. The molecule has 0 radical (unpaired) electrons. The molecule has 0 saturated carbocycles. The quantitative estimate of drug-likeness (QED) is 0.776. The average molecular weight is 249 g/mol. The highest BCUT2D eigenvalue weighted by molar-refractivity contribution is 5.77. The Morgan fingerprint density at radius 1 is 1.39 bits per heavy atom. The average Bonchev–Trinajstić information content (AvgIpc) is 2.33. The van der Waals surface area contributed by atoms with Crippen LogP contribution in [0.15, 0.2) is 24.3 Å². The molecule has 3 heteroatoms. The van der Waals surface area contributed by atoms with Crippen LogP contribution in [0.25, 0.3) is 0 Å². The summed E-state index contributed by atoms with van der Waals surface area (Å²) in [5, 5.41) is 0. The summed E-state index contributed by atoms with van der Waals surface area (Å²) in [5.74, 6) is 0.0488. The Balaban J connectivity index is 2.58. The van der Waals surface area contributed by atoms with E-state index in [0.29, 0.717) is 13.1 Å². The summed E-state index contributed by atoms with van der Waals surface area (Å²) >= 11 is 0. The Labute approximate surface area is 110 Å². The van der Waals surface area contributed by atoms with Gasteiger partial charge in [-0.25, -0.2) is 0 Å². The smallest absolute Gasteiger partial charge is 0.248 e. The van der Waals surface area contributed by atoms with Crippen LogP contribution in [0.3, 0.4) is 0 Å². The zero-order chi connectivity index (χ0) is 13.5. The number of ether oxygens (including phenoxy) is 1. The number of amides is 1. The first-order valence-corrected chi connectivity index (χ1v) is 6.47. The van der Waals surface area contributed by atoms with Crippen LogP contribution in [0.5, 0.6) is 0 Å². The van der Waals surface area contributed by atoms with E-state index in [9.17, 15) is 4.79 Å². The molecule has 0 heterocycles. The molecule has 0 unspecified atom stereocenters. The Kier molecular flexibility index (Phi) is 5.86. The van der Waals surface area contributed by atoms with E-state index in [4.69, 9.17) is 4.74 Å². The van der Waals surface area contributed by atoms with Crippen LogP contribution in [-0.2, 0) is 16.1 Å². The molecular formula is C15H23NO2. The van der Waals surface area contributed by atoms with E-state index >= 15 is 0 Å². The van der Waals surface area contributed by atoms with Crippen LogP contribution in [0, 0.1) is 6.92 Å². The number of carbonyl (C=O) groups excluding carboxylic acids is 1. The number of hydrogen-bond donors (Lipinski definition) is 0. The monoisotopic (exact) mass is 249 g/mol. The van der Waals surface area contributed by atoms with Gasteiger partial charge in [0.1, 0.15) is 6.61 Å². The summed E-state index contributed by atoms with van der Waals surface area (Å²) in [6, 6.07) is 8.24. The Hall–Kier alpha value is -1.35. The van der Waals surface area contributed by atoms with Crippen LogP contribution in [0.4, 0.5) is 0 Å². The van der Waals surface area contributed by atoms with Crippen molar-refractivity contribution in [2.75, 3.05) is 13.2 Å². The van der Waals surface area contributed by atoms with Crippen molar-refractivity contribution in [3.05, 3.63) is 35.4 Å². The van der Waals surface area contributed by atoms with Crippen molar-refractivity contribution in [1.82, 2.24) is 4.90 Å². The zero-order valence-corrected chi connectivity index (χ0v) is 11.8. The molecule has 0 aliphatic rings. The molecule has 0 saturated heterocycles. The minimum atomic E-state index is 0.0488. The summed E-state index contributed by atoms with van der Waals surface area (Å²) in [4.78, 5) is 13.8. The van der Waals surface area contributed by atoms with E-state index in [-0.39, 0.29) is 18.6 Å². The molecule has 100 valence electrons. The van der Waals surface area contributed by atoms with E-state index in [0.717, 1.165) is 5.56 Å². The van der Waals surface area contributed by atoms with Gasteiger partial charge >= 0.3 is 0 Å². The first kappa shape index (κ1) is 14.7. The maximum atomic E-state index is 12.0. The van der Waals surface area contributed by atoms with Crippen molar-refractivity contribution in [2.45, 2.75) is 40.3 Å². The number of carbonyl (C=O) groups is 1. The third-order valence-corrected chi connectivity index (χ3v) is 2.73. The fourth-order valence-electron chi connectivity index (χ4n) is 1.74. The van der Waals surface area contributed by atoms with Crippen LogP contribution >= 0.6 is 0 Å². The van der Waals surface area contributed by atoms with Crippen LogP contribution < -0.4 is 0 Å². The third kappa shape index (κ3) is 4.88. The van der Waals surface area contributed by atoms with Gasteiger partial charge in [-0.2, -0.15) is 0 Å². The number of nitrogens with zero attached hydrogens (tertiary/aromatic N) is 1. The van der Waals surface area contributed by atoms with Gasteiger partial charge < -0.3 is 9.64 Å². The number of likely N-dealkylation sites (N-methyl/N-ethyl adjacent to an activating group) is 1. The lowest BCUT2D eigenvalue weighted by Gasteiger charge is -2.21. The molecule has 0 fully saturated rings. The summed E-state index contributed by atoms with van der Waals surface area (Å²) in [7, 11) is 0. The molecule has 0 aliphatic heterocycles. The van der Waals surface area contributed by atoms with Gasteiger partial charge in [-0.3, -0.25) is 4.79 Å². The van der Waals surface area contributed by atoms with Gasteiger partial charge in [-0.05, 0) is 33.3 Å². The van der Waals surface area contributed by atoms with Gasteiger partial charge in [0, 0.05) is 13.1 Å². The van der Waals surface area contributed by atoms with E-state index in [1.54, 1.807) is 0 Å². The molecule has 1 aromatic rings. The van der Waals surface area contributed by atoms with Gasteiger partial charge in [-0.1, -0.05) is 29.8 Å². The molecule has 0 atom stereocenters. The second kappa shape index (κ2) is 7.17. The second-order valence-electron chi connectivity index (χ2n) is 4.76. The summed E-state index contributed by atoms with van der Waals surface area (Å²) in [6.07, 6.45) is 0.0895. The van der Waals surface area contributed by atoms with Crippen molar-refractivity contribution in [2.24, 2.45) is 0 Å². The van der Waals surface area contributed by atoms with Crippen molar-refractivity contribution in [3.8, 4) is 0 Å². The fourth-order valence-corrected chi connectivity index (χ4v) is 1.74. The second-order valence-corrected chi connectivity index (χ2v) is 4.76. The minimum Gasteiger partial charge on any atom is -0.369 e. The van der Waals surface area contributed by atoms with Crippen LogP contribution in [-0.4, -0.2) is 30.1 Å². The normalized spacial score (nSPS) is 10.7. The lowest BCUT2D eigenvalue weighted by Crippen LogP contribution is -2.34. The number of hydrogen-bond acceptors (Lipinski definition) is 2. The van der Waals surface area contributed by atoms with Gasteiger partial charge in [0.15, 0.2) is 0 Å². The molecule has 1 aromatic carbocycles. The van der Waals surface area contributed by atoms with Gasteiger partial charge in [-0.15, -0.1) is 0 Å². The SMILES string of the molecule is CCN(Cc1cccc(C)c1)C(=O)COC(C)C. The highest BCUT2D eigenvalue weighted by Gasteiger charge is 2.12. The van der Waals surface area contributed by atoms with Gasteiger partial charge in [0.25, 0.3) is 0 Å². The van der Waals surface area contributed by atoms with Crippen molar-refractivity contribution in [3.63, 3.8) is 0 Å². The highest BCUT2D eigenvalue weighted by atomic mass is 16.5. The van der Waals surface area contributed by atoms with E-state index in [1.807, 2.05) is 37.8 Å². The van der Waals surface area contributed by atoms with Gasteiger partial charge in [0.2, 0.25) is 5.91 Å². The summed E-state index contributed by atoms with van der Waals surface area (Å²) in [6.45, 7) is 9.44. The first-order chi connectivity index (χ1) is 8.52. The molecule has 18 heavy (non-hydrogen) atoms. The number of aryl methyl sites for hydroxylation is 1. The largest absolute Gasteiger partial charge is 0.369 e. The Bertz CT molecular complexity index is 388. The molecule has 0 N–H and O–H groups in total. The molecular weight excluding hydrogens is 226 g/mol. The highest BCUT2D eigenvalue weighted by Crippen LogP contribution is 2.08. The third-order valence-electron chi connectivity index (χ3n) is 2.73. The number of rotatable bonds is 6. The van der Waals surface area contributed by atoms with Crippen molar-refractivity contribution >= 4 is 5.91 Å². The van der Waals surface area contributed by atoms with Crippen LogP contribution in [0.2, 0.25) is 0 Å². The maximum absolute atomic E-state index is 12.0. The molecule has 0 spiro atoms. The van der Waals surface area contributed by atoms with Crippen molar-refractivity contribution < 1.29 is 9.53 Å². The topological polar surface area (TPSA) is 29.5 Å². The lowest BCUT2D eigenvalue weighted by molar-refractivity contribution is -0.138. The maximum Gasteiger partial charge on any atom is 0.248 e. The summed E-state index contributed by atoms with van der Waals surface area (Å²) in [5.41, 5.74) is 2.38. The van der Waals surface area contributed by atoms with E-state index < -0.39 is 0 Å².